The van der Waals surface area contributed by atoms with E-state index in [1.54, 1.807) is 14.2 Å². The second kappa shape index (κ2) is 9.64. The second-order valence-electron chi connectivity index (χ2n) is 3.54. The molecule has 0 aliphatic rings. The highest BCUT2D eigenvalue weighted by molar-refractivity contribution is 6.57. The standard InChI is InChI=1S/C10H25NO2Si/c1-5-7-8-11-14(9-6-2)10(12-3)13-4/h10-11,14H,5-9H2,1-4H3. The van der Waals surface area contributed by atoms with E-state index in [1.807, 2.05) is 0 Å². The molecular formula is C10H25NO2Si. The number of rotatable bonds is 9. The summed E-state index contributed by atoms with van der Waals surface area (Å²) in [6.45, 7) is 5.53. The van der Waals surface area contributed by atoms with Crippen LogP contribution in [0.4, 0.5) is 0 Å². The minimum Gasteiger partial charge on any atom is -0.358 e. The van der Waals surface area contributed by atoms with Gasteiger partial charge in [0.25, 0.3) is 0 Å². The third-order valence-electron chi connectivity index (χ3n) is 2.33. The van der Waals surface area contributed by atoms with Crippen LogP contribution in [0.5, 0.6) is 0 Å². The molecule has 0 fully saturated rings. The fraction of sp³-hybridized carbons (Fsp3) is 1.00. The molecule has 3 nitrogen and oxygen atoms in total. The Hall–Kier alpha value is 0.0969. The van der Waals surface area contributed by atoms with Crippen molar-refractivity contribution in [3.05, 3.63) is 0 Å². The lowest BCUT2D eigenvalue weighted by molar-refractivity contribution is -0.0486. The van der Waals surface area contributed by atoms with Gasteiger partial charge in [0.05, 0.1) is 0 Å². The van der Waals surface area contributed by atoms with Crippen molar-refractivity contribution < 1.29 is 9.47 Å². The van der Waals surface area contributed by atoms with E-state index >= 15 is 0 Å². The van der Waals surface area contributed by atoms with Gasteiger partial charge in [-0.15, -0.1) is 0 Å². The first-order chi connectivity index (χ1) is 6.79. The maximum absolute atomic E-state index is 5.32. The molecule has 86 valence electrons. The highest BCUT2D eigenvalue weighted by Crippen LogP contribution is 2.04. The molecule has 1 N–H and O–H groups in total. The monoisotopic (exact) mass is 219 g/mol. The van der Waals surface area contributed by atoms with E-state index in [0.29, 0.717) is 0 Å². The summed E-state index contributed by atoms with van der Waals surface area (Å²) in [4.78, 5) is 3.61. The predicted molar refractivity (Wildman–Crippen MR) is 63.0 cm³/mol. The van der Waals surface area contributed by atoms with Gasteiger partial charge in [-0.05, 0) is 19.0 Å². The lowest BCUT2D eigenvalue weighted by Crippen LogP contribution is -2.47. The maximum Gasteiger partial charge on any atom is 0.174 e. The first kappa shape index (κ1) is 14.1. The highest BCUT2D eigenvalue weighted by atomic mass is 28.3. The van der Waals surface area contributed by atoms with Crippen LogP contribution in [-0.4, -0.2) is 35.6 Å². The molecule has 4 heteroatoms. The topological polar surface area (TPSA) is 30.5 Å². The molecule has 1 unspecified atom stereocenters. The summed E-state index contributed by atoms with van der Waals surface area (Å²) in [7, 11) is 2.38. The Morgan fingerprint density at radius 3 is 2.21 bits per heavy atom. The first-order valence-electron chi connectivity index (χ1n) is 5.59. The minimum atomic E-state index is -1.07. The molecule has 0 saturated carbocycles. The molecule has 0 radical (unpaired) electrons. The highest BCUT2D eigenvalue weighted by Gasteiger charge is 2.21. The Labute approximate surface area is 89.9 Å². The molecule has 0 saturated heterocycles. The van der Waals surface area contributed by atoms with Crippen molar-refractivity contribution in [2.24, 2.45) is 0 Å². The van der Waals surface area contributed by atoms with Crippen LogP contribution in [0, 0.1) is 0 Å². The third kappa shape index (κ3) is 5.75. The summed E-state index contributed by atoms with van der Waals surface area (Å²) < 4.78 is 10.6. The van der Waals surface area contributed by atoms with Crippen LogP contribution in [0.2, 0.25) is 6.04 Å². The quantitative estimate of drug-likeness (QED) is 0.363. The van der Waals surface area contributed by atoms with Gasteiger partial charge in [-0.25, -0.2) is 0 Å². The molecule has 0 aromatic rings. The fourth-order valence-electron chi connectivity index (χ4n) is 1.53. The number of hydrogen-bond acceptors (Lipinski definition) is 3. The number of nitrogens with one attached hydrogen (secondary N) is 1. The fourth-order valence-corrected chi connectivity index (χ4v) is 4.06. The number of hydrogen-bond donors (Lipinski definition) is 1. The molecule has 0 amide bonds. The van der Waals surface area contributed by atoms with Gasteiger partial charge in [0.2, 0.25) is 0 Å². The van der Waals surface area contributed by atoms with Crippen molar-refractivity contribution in [2.75, 3.05) is 20.8 Å². The Balaban J connectivity index is 3.85. The van der Waals surface area contributed by atoms with Crippen molar-refractivity contribution in [1.29, 1.82) is 0 Å². The zero-order valence-corrected chi connectivity index (χ0v) is 11.2. The molecule has 14 heavy (non-hydrogen) atoms. The second-order valence-corrected chi connectivity index (χ2v) is 6.29. The lowest BCUT2D eigenvalue weighted by atomic mass is 10.3. The van der Waals surface area contributed by atoms with E-state index in [2.05, 4.69) is 18.8 Å². The van der Waals surface area contributed by atoms with Crippen molar-refractivity contribution in [3.8, 4) is 0 Å². The SMILES string of the molecule is CCCCN[SiH](CCC)C(OC)OC. The molecule has 0 aromatic carbocycles. The average molecular weight is 219 g/mol. The lowest BCUT2D eigenvalue weighted by Gasteiger charge is -2.23. The number of methoxy groups -OCH3 is 2. The Morgan fingerprint density at radius 1 is 1.14 bits per heavy atom. The van der Waals surface area contributed by atoms with E-state index < -0.39 is 8.96 Å². The first-order valence-corrected chi connectivity index (χ1v) is 7.65. The molecule has 0 aromatic heterocycles. The Kier molecular flexibility index (Phi) is 9.71. The summed E-state index contributed by atoms with van der Waals surface area (Å²) in [6.07, 6.45) is 3.69. The normalized spacial score (nSPS) is 13.5. The van der Waals surface area contributed by atoms with Gasteiger partial charge < -0.3 is 14.5 Å². The summed E-state index contributed by atoms with van der Waals surface area (Å²) in [5, 5.41) is 0. The van der Waals surface area contributed by atoms with E-state index in [4.69, 9.17) is 9.47 Å². The maximum atomic E-state index is 5.32. The zero-order chi connectivity index (χ0) is 10.8. The molecule has 0 bridgehead atoms. The minimum absolute atomic E-state index is 0.0202. The molecule has 0 aliphatic heterocycles. The van der Waals surface area contributed by atoms with Crippen LogP contribution in [-0.2, 0) is 9.47 Å². The molecule has 1 atom stereocenters. The van der Waals surface area contributed by atoms with Crippen LogP contribution in [0.3, 0.4) is 0 Å². The number of ether oxygens (including phenoxy) is 2. The summed E-state index contributed by atoms with van der Waals surface area (Å²) in [6, 6.07) is 1.23. The van der Waals surface area contributed by atoms with Crippen LogP contribution in [0.1, 0.15) is 33.1 Å². The molecule has 0 aliphatic carbocycles. The Morgan fingerprint density at radius 2 is 1.79 bits per heavy atom. The van der Waals surface area contributed by atoms with Crippen molar-refractivity contribution in [3.63, 3.8) is 0 Å². The molecule has 0 rings (SSSR count). The van der Waals surface area contributed by atoms with Gasteiger partial charge >= 0.3 is 0 Å². The van der Waals surface area contributed by atoms with E-state index in [1.165, 1.54) is 25.3 Å². The summed E-state index contributed by atoms with van der Waals surface area (Å²) in [5.74, 6) is 0.0202. The van der Waals surface area contributed by atoms with Crippen LogP contribution in [0.15, 0.2) is 0 Å². The van der Waals surface area contributed by atoms with E-state index in [-0.39, 0.29) is 5.91 Å². The molecular weight excluding hydrogens is 194 g/mol. The van der Waals surface area contributed by atoms with Gasteiger partial charge in [-0.3, -0.25) is 0 Å². The van der Waals surface area contributed by atoms with Crippen LogP contribution in [0.25, 0.3) is 0 Å². The van der Waals surface area contributed by atoms with Gasteiger partial charge in [0.1, 0.15) is 0 Å². The number of unbranched alkanes of at least 4 members (excludes halogenated alkanes) is 1. The van der Waals surface area contributed by atoms with Crippen LogP contribution < -0.4 is 4.98 Å². The Bertz CT molecular complexity index is 121. The van der Waals surface area contributed by atoms with Gasteiger partial charge in [0.15, 0.2) is 14.9 Å². The van der Waals surface area contributed by atoms with Crippen molar-refractivity contribution in [2.45, 2.75) is 45.1 Å². The van der Waals surface area contributed by atoms with E-state index in [0.717, 1.165) is 6.54 Å². The summed E-state index contributed by atoms with van der Waals surface area (Å²) >= 11 is 0. The van der Waals surface area contributed by atoms with E-state index in [9.17, 15) is 0 Å². The average Bonchev–Trinajstić information content (AvgIpc) is 2.20. The zero-order valence-electron chi connectivity index (χ0n) is 10.0. The molecule has 0 heterocycles. The summed E-state index contributed by atoms with van der Waals surface area (Å²) in [5.41, 5.74) is 0. The molecule has 0 spiro atoms. The predicted octanol–water partition coefficient (Wildman–Crippen LogP) is 1.67. The van der Waals surface area contributed by atoms with Gasteiger partial charge in [-0.1, -0.05) is 26.7 Å². The van der Waals surface area contributed by atoms with Gasteiger partial charge in [0, 0.05) is 14.2 Å². The van der Waals surface area contributed by atoms with Crippen LogP contribution >= 0.6 is 0 Å². The van der Waals surface area contributed by atoms with Crippen molar-refractivity contribution >= 4 is 8.96 Å². The van der Waals surface area contributed by atoms with Crippen molar-refractivity contribution in [1.82, 2.24) is 4.98 Å². The van der Waals surface area contributed by atoms with Gasteiger partial charge in [-0.2, -0.15) is 0 Å². The largest absolute Gasteiger partial charge is 0.358 e. The smallest absolute Gasteiger partial charge is 0.174 e. The third-order valence-corrected chi connectivity index (χ3v) is 5.54.